The lowest BCUT2D eigenvalue weighted by molar-refractivity contribution is -0.384. The van der Waals surface area contributed by atoms with Crippen molar-refractivity contribution in [3.8, 4) is 0 Å². The fourth-order valence-electron chi connectivity index (χ4n) is 1.17. The SMILES string of the molecule is C[C@@H](c1ccc([N+](=O)[O-])cc1)N(C)C. The summed E-state index contributed by atoms with van der Waals surface area (Å²) in [6.07, 6.45) is 0. The van der Waals surface area contributed by atoms with Crippen LogP contribution >= 0.6 is 0 Å². The van der Waals surface area contributed by atoms with Crippen molar-refractivity contribution < 1.29 is 4.92 Å². The zero-order chi connectivity index (χ0) is 10.7. The number of benzene rings is 1. The highest BCUT2D eigenvalue weighted by molar-refractivity contribution is 5.33. The first-order valence-corrected chi connectivity index (χ1v) is 4.43. The smallest absolute Gasteiger partial charge is 0.269 e. The summed E-state index contributed by atoms with van der Waals surface area (Å²) in [6.45, 7) is 2.06. The van der Waals surface area contributed by atoms with Crippen molar-refractivity contribution in [2.75, 3.05) is 14.1 Å². The van der Waals surface area contributed by atoms with Crippen LogP contribution in [0.5, 0.6) is 0 Å². The average molecular weight is 194 g/mol. The minimum absolute atomic E-state index is 0.139. The van der Waals surface area contributed by atoms with E-state index in [1.165, 1.54) is 12.1 Å². The van der Waals surface area contributed by atoms with Gasteiger partial charge in [0.05, 0.1) is 4.92 Å². The van der Waals surface area contributed by atoms with E-state index in [0.717, 1.165) is 5.56 Å². The number of hydrogen-bond donors (Lipinski definition) is 0. The van der Waals surface area contributed by atoms with Gasteiger partial charge in [0.1, 0.15) is 0 Å². The molecule has 0 fully saturated rings. The first kappa shape index (κ1) is 10.7. The van der Waals surface area contributed by atoms with Crippen LogP contribution in [-0.4, -0.2) is 23.9 Å². The van der Waals surface area contributed by atoms with Crippen molar-refractivity contribution in [1.29, 1.82) is 0 Å². The largest absolute Gasteiger partial charge is 0.303 e. The molecular formula is C10H14N2O2. The van der Waals surface area contributed by atoms with Gasteiger partial charge < -0.3 is 4.90 Å². The van der Waals surface area contributed by atoms with Crippen LogP contribution in [-0.2, 0) is 0 Å². The van der Waals surface area contributed by atoms with Gasteiger partial charge in [-0.15, -0.1) is 0 Å². The van der Waals surface area contributed by atoms with Crippen molar-refractivity contribution >= 4 is 5.69 Å². The molecule has 0 radical (unpaired) electrons. The predicted octanol–water partition coefficient (Wildman–Crippen LogP) is 2.22. The fraction of sp³-hybridized carbons (Fsp3) is 0.400. The van der Waals surface area contributed by atoms with E-state index in [1.807, 2.05) is 14.1 Å². The van der Waals surface area contributed by atoms with Gasteiger partial charge in [-0.1, -0.05) is 12.1 Å². The van der Waals surface area contributed by atoms with Gasteiger partial charge in [0, 0.05) is 18.2 Å². The molecule has 0 unspecified atom stereocenters. The van der Waals surface area contributed by atoms with E-state index in [1.54, 1.807) is 12.1 Å². The molecule has 0 saturated carbocycles. The van der Waals surface area contributed by atoms with E-state index >= 15 is 0 Å². The third kappa shape index (κ3) is 2.29. The third-order valence-corrected chi connectivity index (χ3v) is 2.36. The van der Waals surface area contributed by atoms with Crippen molar-refractivity contribution in [1.82, 2.24) is 4.90 Å². The molecule has 1 aromatic rings. The van der Waals surface area contributed by atoms with Crippen LogP contribution in [0.25, 0.3) is 0 Å². The molecule has 0 heterocycles. The highest BCUT2D eigenvalue weighted by Crippen LogP contribution is 2.20. The summed E-state index contributed by atoms with van der Waals surface area (Å²) in [4.78, 5) is 12.1. The lowest BCUT2D eigenvalue weighted by Crippen LogP contribution is -2.16. The Bertz CT molecular complexity index is 319. The van der Waals surface area contributed by atoms with E-state index < -0.39 is 0 Å². The summed E-state index contributed by atoms with van der Waals surface area (Å²) in [6, 6.07) is 6.94. The summed E-state index contributed by atoms with van der Waals surface area (Å²) < 4.78 is 0. The molecule has 0 aliphatic rings. The topological polar surface area (TPSA) is 46.4 Å². The molecule has 0 amide bonds. The average Bonchev–Trinajstić information content (AvgIpc) is 2.16. The quantitative estimate of drug-likeness (QED) is 0.547. The molecule has 0 saturated heterocycles. The predicted molar refractivity (Wildman–Crippen MR) is 55.2 cm³/mol. The Labute approximate surface area is 83.3 Å². The van der Waals surface area contributed by atoms with E-state index in [4.69, 9.17) is 0 Å². The van der Waals surface area contributed by atoms with Gasteiger partial charge >= 0.3 is 0 Å². The van der Waals surface area contributed by atoms with E-state index in [0.29, 0.717) is 0 Å². The maximum Gasteiger partial charge on any atom is 0.269 e. The second kappa shape index (κ2) is 4.19. The molecule has 0 aromatic heterocycles. The van der Waals surface area contributed by atoms with Gasteiger partial charge in [0.15, 0.2) is 0 Å². The maximum atomic E-state index is 10.4. The zero-order valence-electron chi connectivity index (χ0n) is 8.60. The van der Waals surface area contributed by atoms with Crippen molar-refractivity contribution in [2.24, 2.45) is 0 Å². The van der Waals surface area contributed by atoms with Crippen LogP contribution < -0.4 is 0 Å². The monoisotopic (exact) mass is 194 g/mol. The van der Waals surface area contributed by atoms with Crippen LogP contribution in [0.4, 0.5) is 5.69 Å². The number of nitro groups is 1. The van der Waals surface area contributed by atoms with E-state index in [2.05, 4.69) is 11.8 Å². The highest BCUT2D eigenvalue weighted by Gasteiger charge is 2.09. The molecule has 1 atom stereocenters. The van der Waals surface area contributed by atoms with Crippen LogP contribution in [0.3, 0.4) is 0 Å². The van der Waals surface area contributed by atoms with E-state index in [-0.39, 0.29) is 16.7 Å². The Balaban J connectivity index is 2.88. The minimum atomic E-state index is -0.385. The second-order valence-corrected chi connectivity index (χ2v) is 3.49. The Kier molecular flexibility index (Phi) is 3.19. The normalized spacial score (nSPS) is 12.9. The summed E-state index contributed by atoms with van der Waals surface area (Å²) in [5.41, 5.74) is 1.22. The van der Waals surface area contributed by atoms with Crippen molar-refractivity contribution in [2.45, 2.75) is 13.0 Å². The Morgan fingerprint density at radius 1 is 1.29 bits per heavy atom. The minimum Gasteiger partial charge on any atom is -0.303 e. The van der Waals surface area contributed by atoms with Gasteiger partial charge in [0.2, 0.25) is 0 Å². The number of rotatable bonds is 3. The molecule has 0 spiro atoms. The zero-order valence-corrected chi connectivity index (χ0v) is 8.60. The van der Waals surface area contributed by atoms with E-state index in [9.17, 15) is 10.1 Å². The summed E-state index contributed by atoms with van der Waals surface area (Å²) in [5, 5.41) is 10.4. The highest BCUT2D eigenvalue weighted by atomic mass is 16.6. The Morgan fingerprint density at radius 2 is 1.79 bits per heavy atom. The van der Waals surface area contributed by atoms with Gasteiger partial charge in [0.25, 0.3) is 5.69 Å². The maximum absolute atomic E-state index is 10.4. The first-order chi connectivity index (χ1) is 6.52. The summed E-state index contributed by atoms with van der Waals surface area (Å²) >= 11 is 0. The molecular weight excluding hydrogens is 180 g/mol. The van der Waals surface area contributed by atoms with Crippen LogP contribution in [0.15, 0.2) is 24.3 Å². The fourth-order valence-corrected chi connectivity index (χ4v) is 1.17. The summed E-state index contributed by atoms with van der Waals surface area (Å²) in [7, 11) is 3.96. The van der Waals surface area contributed by atoms with Gasteiger partial charge in [-0.25, -0.2) is 0 Å². The number of non-ortho nitro benzene ring substituents is 1. The van der Waals surface area contributed by atoms with Gasteiger partial charge in [-0.2, -0.15) is 0 Å². The molecule has 14 heavy (non-hydrogen) atoms. The second-order valence-electron chi connectivity index (χ2n) is 3.49. The first-order valence-electron chi connectivity index (χ1n) is 4.43. The number of hydrogen-bond acceptors (Lipinski definition) is 3. The molecule has 0 N–H and O–H groups in total. The Hall–Kier alpha value is -1.42. The van der Waals surface area contributed by atoms with Gasteiger partial charge in [-0.05, 0) is 26.6 Å². The van der Waals surface area contributed by atoms with Crippen molar-refractivity contribution in [3.05, 3.63) is 39.9 Å². The third-order valence-electron chi connectivity index (χ3n) is 2.36. The number of nitro benzene ring substituents is 1. The molecule has 4 heteroatoms. The molecule has 1 aromatic carbocycles. The molecule has 0 aliphatic heterocycles. The molecule has 0 aliphatic carbocycles. The lowest BCUT2D eigenvalue weighted by atomic mass is 10.1. The number of nitrogens with zero attached hydrogens (tertiary/aromatic N) is 2. The molecule has 76 valence electrons. The standard InChI is InChI=1S/C10H14N2O2/c1-8(11(2)3)9-4-6-10(7-5-9)12(13)14/h4-8H,1-3H3/t8-/m0/s1. The summed E-state index contributed by atoms with van der Waals surface area (Å²) in [5.74, 6) is 0. The van der Waals surface area contributed by atoms with Gasteiger partial charge in [-0.3, -0.25) is 10.1 Å². The molecule has 0 bridgehead atoms. The van der Waals surface area contributed by atoms with Crippen LogP contribution in [0.1, 0.15) is 18.5 Å². The van der Waals surface area contributed by atoms with Crippen molar-refractivity contribution in [3.63, 3.8) is 0 Å². The molecule has 4 nitrogen and oxygen atoms in total. The lowest BCUT2D eigenvalue weighted by Gasteiger charge is -2.19. The molecule has 1 rings (SSSR count). The van der Waals surface area contributed by atoms with Crippen LogP contribution in [0, 0.1) is 10.1 Å². The van der Waals surface area contributed by atoms with Crippen LogP contribution in [0.2, 0.25) is 0 Å². The Morgan fingerprint density at radius 3 is 2.14 bits per heavy atom.